The lowest BCUT2D eigenvalue weighted by molar-refractivity contribution is 0.314. The lowest BCUT2D eigenvalue weighted by Crippen LogP contribution is -1.71. The molecule has 1 heterocycles. The maximum atomic E-state index is 9.12. The second kappa shape index (κ2) is 1.85. The van der Waals surface area contributed by atoms with E-state index >= 15 is 0 Å². The molecular formula is C6H4N2O3. The van der Waals surface area contributed by atoms with Gasteiger partial charge < -0.3 is 10.2 Å². The van der Waals surface area contributed by atoms with Crippen LogP contribution >= 0.6 is 0 Å². The lowest BCUT2D eigenvalue weighted by atomic mass is 10.3. The molecule has 1 aromatic heterocycles. The van der Waals surface area contributed by atoms with Crippen LogP contribution in [-0.4, -0.2) is 20.5 Å². The van der Waals surface area contributed by atoms with Gasteiger partial charge in [0.15, 0.2) is 11.3 Å². The fourth-order valence-corrected chi connectivity index (χ4v) is 0.858. The quantitative estimate of drug-likeness (QED) is 0.578. The van der Waals surface area contributed by atoms with Crippen molar-refractivity contribution in [2.24, 2.45) is 0 Å². The van der Waals surface area contributed by atoms with Gasteiger partial charge in [-0.2, -0.15) is 0 Å². The first-order valence-electron chi connectivity index (χ1n) is 2.91. The number of aromatic nitrogens is 2. The van der Waals surface area contributed by atoms with Crippen LogP contribution in [0.5, 0.6) is 11.5 Å². The van der Waals surface area contributed by atoms with Crippen LogP contribution in [0.4, 0.5) is 0 Å². The summed E-state index contributed by atoms with van der Waals surface area (Å²) < 4.78 is 4.33. The highest BCUT2D eigenvalue weighted by molar-refractivity contribution is 5.81. The minimum atomic E-state index is -0.138. The standard InChI is InChI=1S/C6H4N2O3/c9-3-1-4-6(5(10)2-3)8-11-7-4/h1-2,9-10H. The van der Waals surface area contributed by atoms with Gasteiger partial charge in [-0.1, -0.05) is 0 Å². The summed E-state index contributed by atoms with van der Waals surface area (Å²) in [6.45, 7) is 0. The van der Waals surface area contributed by atoms with E-state index in [0.29, 0.717) is 5.52 Å². The van der Waals surface area contributed by atoms with Gasteiger partial charge in [0.1, 0.15) is 11.3 Å². The van der Waals surface area contributed by atoms with Gasteiger partial charge in [-0.25, -0.2) is 4.63 Å². The summed E-state index contributed by atoms with van der Waals surface area (Å²) in [5.41, 5.74) is 0.588. The summed E-state index contributed by atoms with van der Waals surface area (Å²) in [7, 11) is 0. The fourth-order valence-electron chi connectivity index (χ4n) is 0.858. The topological polar surface area (TPSA) is 79.4 Å². The van der Waals surface area contributed by atoms with Crippen molar-refractivity contribution in [3.8, 4) is 11.5 Å². The molecule has 0 unspecified atom stereocenters. The van der Waals surface area contributed by atoms with E-state index in [9.17, 15) is 0 Å². The lowest BCUT2D eigenvalue weighted by Gasteiger charge is -1.91. The summed E-state index contributed by atoms with van der Waals surface area (Å²) in [4.78, 5) is 0. The van der Waals surface area contributed by atoms with E-state index in [0.717, 1.165) is 0 Å². The van der Waals surface area contributed by atoms with Gasteiger partial charge in [-0.05, 0) is 10.3 Å². The molecule has 5 heteroatoms. The Morgan fingerprint density at radius 3 is 2.82 bits per heavy atom. The Kier molecular flexibility index (Phi) is 1.00. The Morgan fingerprint density at radius 1 is 1.18 bits per heavy atom. The van der Waals surface area contributed by atoms with Gasteiger partial charge in [-0.3, -0.25) is 0 Å². The minimum Gasteiger partial charge on any atom is -0.508 e. The fraction of sp³-hybridized carbons (Fsp3) is 0. The van der Waals surface area contributed by atoms with E-state index in [4.69, 9.17) is 10.2 Å². The summed E-state index contributed by atoms with van der Waals surface area (Å²) in [5.74, 6) is -0.202. The van der Waals surface area contributed by atoms with Gasteiger partial charge in [0, 0.05) is 12.1 Å². The van der Waals surface area contributed by atoms with Crippen LogP contribution in [0.15, 0.2) is 16.8 Å². The zero-order valence-corrected chi connectivity index (χ0v) is 5.35. The third-order valence-electron chi connectivity index (χ3n) is 1.33. The first kappa shape index (κ1) is 5.96. The molecule has 56 valence electrons. The maximum absolute atomic E-state index is 9.12. The first-order chi connectivity index (χ1) is 5.27. The van der Waals surface area contributed by atoms with Crippen LogP contribution in [0, 0.1) is 0 Å². The molecule has 0 amide bonds. The van der Waals surface area contributed by atoms with Crippen LogP contribution in [0.1, 0.15) is 0 Å². The summed E-state index contributed by atoms with van der Waals surface area (Å²) in [6.07, 6.45) is 0. The summed E-state index contributed by atoms with van der Waals surface area (Å²) in [5, 5.41) is 24.9. The third-order valence-corrected chi connectivity index (χ3v) is 1.33. The number of phenolic OH excluding ortho intramolecular Hbond substituents is 2. The van der Waals surface area contributed by atoms with Gasteiger partial charge >= 0.3 is 0 Å². The highest BCUT2D eigenvalue weighted by Gasteiger charge is 2.06. The Hall–Kier alpha value is -1.78. The molecule has 0 bridgehead atoms. The smallest absolute Gasteiger partial charge is 0.177 e. The van der Waals surface area contributed by atoms with Crippen LogP contribution in [0.2, 0.25) is 0 Å². The Labute approximate surface area is 60.8 Å². The van der Waals surface area contributed by atoms with Gasteiger partial charge in [0.25, 0.3) is 0 Å². The molecule has 0 radical (unpaired) electrons. The third kappa shape index (κ3) is 0.778. The highest BCUT2D eigenvalue weighted by Crippen LogP contribution is 2.26. The van der Waals surface area contributed by atoms with Crippen molar-refractivity contribution >= 4 is 11.0 Å². The average molecular weight is 152 g/mol. The number of aromatic hydroxyl groups is 2. The number of hydrogen-bond acceptors (Lipinski definition) is 5. The van der Waals surface area contributed by atoms with Crippen molar-refractivity contribution in [2.45, 2.75) is 0 Å². The van der Waals surface area contributed by atoms with E-state index in [-0.39, 0.29) is 17.0 Å². The summed E-state index contributed by atoms with van der Waals surface area (Å²) in [6, 6.07) is 2.53. The molecule has 0 spiro atoms. The van der Waals surface area contributed by atoms with E-state index in [1.54, 1.807) is 0 Å². The Balaban J connectivity index is 2.91. The van der Waals surface area contributed by atoms with Crippen LogP contribution < -0.4 is 0 Å². The largest absolute Gasteiger partial charge is 0.508 e. The van der Waals surface area contributed by atoms with Crippen molar-refractivity contribution < 1.29 is 14.8 Å². The number of rotatable bonds is 0. The predicted octanol–water partition coefficient (Wildman–Crippen LogP) is 0.634. The predicted molar refractivity (Wildman–Crippen MR) is 35.1 cm³/mol. The minimum absolute atomic E-state index is 0.0642. The molecule has 0 fully saturated rings. The van der Waals surface area contributed by atoms with Crippen molar-refractivity contribution in [1.29, 1.82) is 0 Å². The van der Waals surface area contributed by atoms with Crippen LogP contribution in [-0.2, 0) is 0 Å². The first-order valence-corrected chi connectivity index (χ1v) is 2.91. The molecule has 2 aromatic rings. The average Bonchev–Trinajstić information content (AvgIpc) is 2.34. The molecule has 0 aliphatic heterocycles. The number of fused-ring (bicyclic) bond motifs is 1. The SMILES string of the molecule is Oc1cc(O)c2nonc2c1. The molecule has 2 N–H and O–H groups in total. The molecule has 0 atom stereocenters. The van der Waals surface area contributed by atoms with E-state index < -0.39 is 0 Å². The van der Waals surface area contributed by atoms with Gasteiger partial charge in [-0.15, -0.1) is 0 Å². The van der Waals surface area contributed by atoms with Crippen molar-refractivity contribution in [1.82, 2.24) is 10.3 Å². The summed E-state index contributed by atoms with van der Waals surface area (Å²) >= 11 is 0. The molecule has 0 saturated carbocycles. The number of hydrogen-bond donors (Lipinski definition) is 2. The van der Waals surface area contributed by atoms with Crippen molar-refractivity contribution in [3.05, 3.63) is 12.1 Å². The molecule has 11 heavy (non-hydrogen) atoms. The van der Waals surface area contributed by atoms with E-state index in [2.05, 4.69) is 14.9 Å². The molecule has 2 rings (SSSR count). The molecule has 0 saturated heterocycles. The number of benzene rings is 1. The molecule has 1 aromatic carbocycles. The second-order valence-electron chi connectivity index (χ2n) is 2.10. The van der Waals surface area contributed by atoms with E-state index in [1.165, 1.54) is 12.1 Å². The number of phenols is 2. The number of nitrogens with zero attached hydrogens (tertiary/aromatic N) is 2. The molecule has 0 aliphatic carbocycles. The van der Waals surface area contributed by atoms with Crippen LogP contribution in [0.3, 0.4) is 0 Å². The monoisotopic (exact) mass is 152 g/mol. The normalized spacial score (nSPS) is 10.5. The Bertz CT molecular complexity index is 396. The van der Waals surface area contributed by atoms with Gasteiger partial charge in [0.05, 0.1) is 0 Å². The second-order valence-corrected chi connectivity index (χ2v) is 2.10. The molecule has 5 nitrogen and oxygen atoms in total. The zero-order valence-electron chi connectivity index (χ0n) is 5.35. The van der Waals surface area contributed by atoms with Crippen molar-refractivity contribution in [3.63, 3.8) is 0 Å². The molecular weight excluding hydrogens is 148 g/mol. The van der Waals surface area contributed by atoms with Crippen LogP contribution in [0.25, 0.3) is 11.0 Å². The maximum Gasteiger partial charge on any atom is 0.177 e. The molecule has 0 aliphatic rings. The van der Waals surface area contributed by atoms with E-state index in [1.807, 2.05) is 0 Å². The van der Waals surface area contributed by atoms with Crippen molar-refractivity contribution in [2.75, 3.05) is 0 Å². The Morgan fingerprint density at radius 2 is 2.00 bits per heavy atom. The highest BCUT2D eigenvalue weighted by atomic mass is 16.6. The van der Waals surface area contributed by atoms with Gasteiger partial charge in [0.2, 0.25) is 0 Å². The zero-order chi connectivity index (χ0) is 7.84.